The summed E-state index contributed by atoms with van der Waals surface area (Å²) < 4.78 is 14.7. The molecule has 3 amide bonds. The Bertz CT molecular complexity index is 1180. The highest BCUT2D eigenvalue weighted by Gasteiger charge is 2.27. The fourth-order valence-electron chi connectivity index (χ4n) is 3.84. The topological polar surface area (TPSA) is 87.5 Å². The zero-order valence-electron chi connectivity index (χ0n) is 18.9. The number of aryl methyl sites for hydroxylation is 1. The van der Waals surface area contributed by atoms with Crippen molar-refractivity contribution in [3.8, 4) is 0 Å². The molecule has 1 N–H and O–H groups in total. The van der Waals surface area contributed by atoms with Crippen LogP contribution in [0.4, 0.5) is 4.39 Å². The molecular weight excluding hydrogens is 437 g/mol. The molecule has 0 fully saturated rings. The largest absolute Gasteiger partial charge is 0.350 e. The molecule has 34 heavy (non-hydrogen) atoms. The second-order valence-corrected chi connectivity index (χ2v) is 8.27. The van der Waals surface area contributed by atoms with Crippen LogP contribution in [0.5, 0.6) is 0 Å². The summed E-state index contributed by atoms with van der Waals surface area (Å²) in [5.74, 6) is -1.29. The number of fused-ring (bicyclic) bond motifs is 1. The van der Waals surface area contributed by atoms with Gasteiger partial charge in [-0.3, -0.25) is 19.1 Å². The Morgan fingerprint density at radius 1 is 1.06 bits per heavy atom. The van der Waals surface area contributed by atoms with Crippen molar-refractivity contribution in [3.63, 3.8) is 0 Å². The van der Waals surface area contributed by atoms with Crippen molar-refractivity contribution >= 4 is 17.7 Å². The quantitative estimate of drug-likeness (QED) is 0.583. The lowest BCUT2D eigenvalue weighted by atomic mass is 10.2. The van der Waals surface area contributed by atoms with Crippen LogP contribution in [0.1, 0.15) is 38.5 Å². The van der Waals surface area contributed by atoms with Crippen molar-refractivity contribution in [2.45, 2.75) is 26.1 Å². The maximum atomic E-state index is 13.2. The molecule has 9 heteroatoms. The lowest BCUT2D eigenvalue weighted by Gasteiger charge is -2.20. The van der Waals surface area contributed by atoms with Crippen molar-refractivity contribution in [2.24, 2.45) is 0 Å². The summed E-state index contributed by atoms with van der Waals surface area (Å²) >= 11 is 0. The van der Waals surface area contributed by atoms with Gasteiger partial charge in [-0.25, -0.2) is 4.39 Å². The third-order valence-electron chi connectivity index (χ3n) is 5.65. The maximum Gasteiger partial charge on any atom is 0.274 e. The number of benzene rings is 2. The maximum absolute atomic E-state index is 13.2. The first-order valence-corrected chi connectivity index (χ1v) is 11.1. The molecule has 3 aromatic rings. The molecule has 2 aromatic carbocycles. The summed E-state index contributed by atoms with van der Waals surface area (Å²) in [6.45, 7) is 1.62. The number of likely N-dealkylation sites (N-methyl/N-ethyl adjacent to an activating group) is 1. The number of carbonyl (C=O) groups excluding carboxylic acids is 3. The normalized spacial score (nSPS) is 13.2. The van der Waals surface area contributed by atoms with Crippen molar-refractivity contribution in [1.29, 1.82) is 0 Å². The summed E-state index contributed by atoms with van der Waals surface area (Å²) in [4.78, 5) is 41.2. The lowest BCUT2D eigenvalue weighted by molar-refractivity contribution is -0.121. The SMILES string of the molecule is CN(CC(=O)NCc1ccccc1)C(=O)c1cc2n(n1)CCCN(Cc1ccc(F)cc1)C2=O. The number of carbonyl (C=O) groups is 3. The number of rotatable bonds is 7. The highest BCUT2D eigenvalue weighted by Crippen LogP contribution is 2.17. The van der Waals surface area contributed by atoms with E-state index >= 15 is 0 Å². The Kier molecular flexibility index (Phi) is 7.01. The number of nitrogens with one attached hydrogen (secondary N) is 1. The standard InChI is InChI=1S/C25H26FN5O3/c1-29(17-23(32)27-15-18-6-3-2-4-7-18)24(33)21-14-22-25(34)30(12-5-13-31(22)28-21)16-19-8-10-20(26)11-9-19/h2-4,6-11,14H,5,12-13,15-17H2,1H3,(H,27,32). The molecule has 0 saturated heterocycles. The number of hydrogen-bond acceptors (Lipinski definition) is 4. The molecule has 0 aliphatic carbocycles. The molecule has 0 spiro atoms. The minimum Gasteiger partial charge on any atom is -0.350 e. The zero-order valence-corrected chi connectivity index (χ0v) is 18.9. The summed E-state index contributed by atoms with van der Waals surface area (Å²) in [5, 5.41) is 7.12. The predicted molar refractivity (Wildman–Crippen MR) is 123 cm³/mol. The monoisotopic (exact) mass is 463 g/mol. The molecule has 0 radical (unpaired) electrons. The van der Waals surface area contributed by atoms with Crippen molar-refractivity contribution < 1.29 is 18.8 Å². The van der Waals surface area contributed by atoms with E-state index in [-0.39, 0.29) is 29.9 Å². The van der Waals surface area contributed by atoms with Crippen LogP contribution in [-0.2, 0) is 24.4 Å². The highest BCUT2D eigenvalue weighted by atomic mass is 19.1. The summed E-state index contributed by atoms with van der Waals surface area (Å²) in [6, 6.07) is 17.0. The van der Waals surface area contributed by atoms with Crippen LogP contribution in [0.2, 0.25) is 0 Å². The molecule has 0 atom stereocenters. The number of amides is 3. The van der Waals surface area contributed by atoms with E-state index in [9.17, 15) is 18.8 Å². The van der Waals surface area contributed by atoms with Gasteiger partial charge in [-0.15, -0.1) is 0 Å². The van der Waals surface area contributed by atoms with E-state index in [0.29, 0.717) is 38.3 Å². The van der Waals surface area contributed by atoms with Gasteiger partial charge in [0, 0.05) is 39.3 Å². The van der Waals surface area contributed by atoms with Crippen LogP contribution < -0.4 is 5.32 Å². The Morgan fingerprint density at radius 2 is 1.79 bits per heavy atom. The molecule has 0 saturated carbocycles. The second-order valence-electron chi connectivity index (χ2n) is 8.27. The van der Waals surface area contributed by atoms with Crippen LogP contribution in [0.15, 0.2) is 60.7 Å². The van der Waals surface area contributed by atoms with Crippen LogP contribution in [-0.4, -0.2) is 57.4 Å². The molecule has 1 aliphatic heterocycles. The van der Waals surface area contributed by atoms with Gasteiger partial charge < -0.3 is 15.1 Å². The Morgan fingerprint density at radius 3 is 2.53 bits per heavy atom. The van der Waals surface area contributed by atoms with E-state index in [2.05, 4.69) is 10.4 Å². The van der Waals surface area contributed by atoms with E-state index in [1.54, 1.807) is 21.7 Å². The number of nitrogens with zero attached hydrogens (tertiary/aromatic N) is 4. The van der Waals surface area contributed by atoms with Gasteiger partial charge in [-0.2, -0.15) is 5.10 Å². The zero-order chi connectivity index (χ0) is 24.1. The van der Waals surface area contributed by atoms with Crippen LogP contribution in [0, 0.1) is 5.82 Å². The van der Waals surface area contributed by atoms with Gasteiger partial charge >= 0.3 is 0 Å². The van der Waals surface area contributed by atoms with E-state index in [1.165, 1.54) is 30.1 Å². The van der Waals surface area contributed by atoms with Gasteiger partial charge in [-0.05, 0) is 29.7 Å². The number of aromatic nitrogens is 2. The van der Waals surface area contributed by atoms with Gasteiger partial charge in [0.15, 0.2) is 5.69 Å². The second kappa shape index (κ2) is 10.3. The molecule has 8 nitrogen and oxygen atoms in total. The fourth-order valence-corrected chi connectivity index (χ4v) is 3.84. The van der Waals surface area contributed by atoms with E-state index in [1.807, 2.05) is 30.3 Å². The molecular formula is C25H26FN5O3. The molecule has 1 aliphatic rings. The average molecular weight is 464 g/mol. The summed E-state index contributed by atoms with van der Waals surface area (Å²) in [7, 11) is 1.53. The minimum absolute atomic E-state index is 0.116. The third kappa shape index (κ3) is 5.48. The predicted octanol–water partition coefficient (Wildman–Crippen LogP) is 2.46. The summed E-state index contributed by atoms with van der Waals surface area (Å²) in [6.07, 6.45) is 0.674. The first-order valence-electron chi connectivity index (χ1n) is 11.1. The van der Waals surface area contributed by atoms with Gasteiger partial charge in [0.1, 0.15) is 11.5 Å². The molecule has 1 aromatic heterocycles. The molecule has 2 heterocycles. The van der Waals surface area contributed by atoms with Gasteiger partial charge in [0.2, 0.25) is 5.91 Å². The van der Waals surface area contributed by atoms with Crippen molar-refractivity contribution in [3.05, 3.63) is 89.0 Å². The number of hydrogen-bond donors (Lipinski definition) is 1. The molecule has 0 bridgehead atoms. The Labute approximate surface area is 197 Å². The van der Waals surface area contributed by atoms with Crippen molar-refractivity contribution in [1.82, 2.24) is 24.9 Å². The van der Waals surface area contributed by atoms with Gasteiger partial charge in [0.25, 0.3) is 11.8 Å². The van der Waals surface area contributed by atoms with Crippen molar-refractivity contribution in [2.75, 3.05) is 20.1 Å². The smallest absolute Gasteiger partial charge is 0.274 e. The van der Waals surface area contributed by atoms with Crippen LogP contribution in [0.25, 0.3) is 0 Å². The van der Waals surface area contributed by atoms with E-state index in [0.717, 1.165) is 11.1 Å². The Hall–Kier alpha value is -4.01. The van der Waals surface area contributed by atoms with Crippen LogP contribution in [0.3, 0.4) is 0 Å². The Balaban J connectivity index is 1.39. The first kappa shape index (κ1) is 23.2. The third-order valence-corrected chi connectivity index (χ3v) is 5.65. The molecule has 4 rings (SSSR count). The highest BCUT2D eigenvalue weighted by molar-refractivity contribution is 5.99. The molecule has 176 valence electrons. The fraction of sp³-hybridized carbons (Fsp3) is 0.280. The van der Waals surface area contributed by atoms with Gasteiger partial charge in [-0.1, -0.05) is 42.5 Å². The molecule has 0 unspecified atom stereocenters. The first-order chi connectivity index (χ1) is 16.4. The lowest BCUT2D eigenvalue weighted by Crippen LogP contribution is -2.38. The van der Waals surface area contributed by atoms with E-state index < -0.39 is 5.91 Å². The summed E-state index contributed by atoms with van der Waals surface area (Å²) in [5.41, 5.74) is 2.22. The average Bonchev–Trinajstić information content (AvgIpc) is 3.21. The van der Waals surface area contributed by atoms with E-state index in [4.69, 9.17) is 0 Å². The van der Waals surface area contributed by atoms with Crippen LogP contribution >= 0.6 is 0 Å². The number of halogens is 1. The minimum atomic E-state index is -0.437. The van der Waals surface area contributed by atoms with Gasteiger partial charge in [0.05, 0.1) is 6.54 Å².